The monoisotopic (exact) mass is 258 g/mol. The summed E-state index contributed by atoms with van der Waals surface area (Å²) in [5, 5.41) is 3.08. The van der Waals surface area contributed by atoms with Crippen LogP contribution in [0.15, 0.2) is 18.2 Å². The summed E-state index contributed by atoms with van der Waals surface area (Å²) in [6.07, 6.45) is 3.56. The van der Waals surface area contributed by atoms with E-state index in [1.54, 1.807) is 0 Å². The fraction of sp³-hybridized carbons (Fsp3) is 0.562. The smallest absolute Gasteiger partial charge is 0.227 e. The molecule has 0 aliphatic heterocycles. The second kappa shape index (κ2) is 4.55. The first-order chi connectivity index (χ1) is 9.04. The third-order valence-electron chi connectivity index (χ3n) is 4.57. The van der Waals surface area contributed by atoms with Gasteiger partial charge < -0.3 is 10.2 Å². The van der Waals surface area contributed by atoms with Gasteiger partial charge in [0.1, 0.15) is 0 Å². The third-order valence-corrected chi connectivity index (χ3v) is 4.57. The number of hydrogen-bond acceptors (Lipinski definition) is 2. The summed E-state index contributed by atoms with van der Waals surface area (Å²) in [5.74, 6) is 2.16. The molecule has 1 aromatic rings. The molecule has 1 aromatic carbocycles. The van der Waals surface area contributed by atoms with Crippen molar-refractivity contribution in [2.24, 2.45) is 17.8 Å². The highest BCUT2D eigenvalue weighted by molar-refractivity contribution is 5.93. The molecule has 0 saturated heterocycles. The molecular weight excluding hydrogens is 236 g/mol. The molecule has 2 unspecified atom stereocenters. The Labute approximate surface area is 115 Å². The zero-order valence-corrected chi connectivity index (χ0v) is 11.9. The molecule has 0 bridgehead atoms. The average Bonchev–Trinajstić information content (AvgIpc) is 2.98. The van der Waals surface area contributed by atoms with Crippen LogP contribution in [0.25, 0.3) is 0 Å². The molecule has 2 aliphatic rings. The standard InChI is InChI=1S/C16H22N2O/c1-10-4-5-14(9-15(10)18(2)3)17-16(19)13-7-11-6-12(11)8-13/h4-5,9,11-13H,6-8H2,1-3H3,(H,17,19). The third kappa shape index (κ3) is 2.46. The van der Waals surface area contributed by atoms with E-state index >= 15 is 0 Å². The number of carbonyl (C=O) groups is 1. The molecule has 0 heterocycles. The van der Waals surface area contributed by atoms with E-state index in [0.29, 0.717) is 0 Å². The average molecular weight is 258 g/mol. The van der Waals surface area contributed by atoms with Gasteiger partial charge in [0.25, 0.3) is 0 Å². The van der Waals surface area contributed by atoms with E-state index in [0.717, 1.165) is 36.1 Å². The van der Waals surface area contributed by atoms with Crippen LogP contribution in [0.4, 0.5) is 11.4 Å². The summed E-state index contributed by atoms with van der Waals surface area (Å²) in [6, 6.07) is 6.12. The number of benzene rings is 1. The second-order valence-electron chi connectivity index (χ2n) is 6.31. The Kier molecular flexibility index (Phi) is 3.00. The second-order valence-corrected chi connectivity index (χ2v) is 6.31. The fourth-order valence-corrected chi connectivity index (χ4v) is 3.34. The lowest BCUT2D eigenvalue weighted by Gasteiger charge is -2.18. The zero-order chi connectivity index (χ0) is 13.6. The predicted octanol–water partition coefficient (Wildman–Crippen LogP) is 3.05. The van der Waals surface area contributed by atoms with Gasteiger partial charge in [-0.05, 0) is 55.7 Å². The Morgan fingerprint density at radius 3 is 2.53 bits per heavy atom. The molecule has 1 N–H and O–H groups in total. The van der Waals surface area contributed by atoms with Crippen molar-refractivity contribution in [3.63, 3.8) is 0 Å². The minimum atomic E-state index is 0.209. The molecule has 19 heavy (non-hydrogen) atoms. The number of nitrogens with zero attached hydrogens (tertiary/aromatic N) is 1. The summed E-state index contributed by atoms with van der Waals surface area (Å²) in [6.45, 7) is 2.09. The number of amides is 1. The largest absolute Gasteiger partial charge is 0.377 e. The van der Waals surface area contributed by atoms with Gasteiger partial charge in [-0.15, -0.1) is 0 Å². The van der Waals surface area contributed by atoms with Crippen LogP contribution in [0.3, 0.4) is 0 Å². The van der Waals surface area contributed by atoms with Gasteiger partial charge in [0.05, 0.1) is 0 Å². The predicted molar refractivity (Wildman–Crippen MR) is 78.5 cm³/mol. The molecule has 3 nitrogen and oxygen atoms in total. The molecule has 0 radical (unpaired) electrons. The molecule has 0 aromatic heterocycles. The maximum Gasteiger partial charge on any atom is 0.227 e. The molecule has 1 amide bonds. The normalized spacial score (nSPS) is 27.8. The van der Waals surface area contributed by atoms with Crippen molar-refractivity contribution in [2.45, 2.75) is 26.2 Å². The van der Waals surface area contributed by atoms with Crippen molar-refractivity contribution in [1.29, 1.82) is 0 Å². The van der Waals surface area contributed by atoms with E-state index in [4.69, 9.17) is 0 Å². The summed E-state index contributed by atoms with van der Waals surface area (Å²) in [5.41, 5.74) is 3.30. The number of rotatable bonds is 3. The molecule has 0 spiro atoms. The highest BCUT2D eigenvalue weighted by Crippen LogP contribution is 2.54. The van der Waals surface area contributed by atoms with Crippen molar-refractivity contribution < 1.29 is 4.79 Å². The van der Waals surface area contributed by atoms with E-state index in [2.05, 4.69) is 29.3 Å². The zero-order valence-electron chi connectivity index (χ0n) is 11.9. The maximum atomic E-state index is 12.2. The van der Waals surface area contributed by atoms with Crippen LogP contribution in [-0.2, 0) is 4.79 Å². The topological polar surface area (TPSA) is 32.3 Å². The lowest BCUT2D eigenvalue weighted by atomic mass is 10.0. The highest BCUT2D eigenvalue weighted by Gasteiger charge is 2.47. The molecule has 2 atom stereocenters. The van der Waals surface area contributed by atoms with Gasteiger partial charge >= 0.3 is 0 Å². The quantitative estimate of drug-likeness (QED) is 0.903. The van der Waals surface area contributed by atoms with E-state index < -0.39 is 0 Å². The van der Waals surface area contributed by atoms with Crippen LogP contribution in [0.5, 0.6) is 0 Å². The molecular formula is C16H22N2O. The first-order valence-corrected chi connectivity index (χ1v) is 7.13. The van der Waals surface area contributed by atoms with Gasteiger partial charge in [-0.2, -0.15) is 0 Å². The Bertz CT molecular complexity index is 499. The maximum absolute atomic E-state index is 12.2. The van der Waals surface area contributed by atoms with Crippen molar-refractivity contribution in [3.8, 4) is 0 Å². The molecule has 3 heteroatoms. The number of hydrogen-bond donors (Lipinski definition) is 1. The van der Waals surface area contributed by atoms with Gasteiger partial charge in [-0.1, -0.05) is 6.07 Å². The van der Waals surface area contributed by atoms with E-state index in [1.165, 1.54) is 12.0 Å². The van der Waals surface area contributed by atoms with E-state index in [9.17, 15) is 4.79 Å². The Morgan fingerprint density at radius 2 is 1.89 bits per heavy atom. The van der Waals surface area contributed by atoms with Crippen molar-refractivity contribution in [2.75, 3.05) is 24.3 Å². The number of carbonyl (C=O) groups excluding carboxylic acids is 1. The van der Waals surface area contributed by atoms with Crippen LogP contribution < -0.4 is 10.2 Å². The fourth-order valence-electron chi connectivity index (χ4n) is 3.34. The Balaban J connectivity index is 1.69. The first kappa shape index (κ1) is 12.5. The molecule has 2 fully saturated rings. The minimum Gasteiger partial charge on any atom is -0.377 e. The van der Waals surface area contributed by atoms with Crippen LogP contribution in [0.2, 0.25) is 0 Å². The number of aryl methyl sites for hydroxylation is 1. The minimum absolute atomic E-state index is 0.209. The van der Waals surface area contributed by atoms with Gasteiger partial charge in [0, 0.05) is 31.4 Å². The van der Waals surface area contributed by atoms with Crippen LogP contribution in [0.1, 0.15) is 24.8 Å². The Morgan fingerprint density at radius 1 is 1.21 bits per heavy atom. The summed E-state index contributed by atoms with van der Waals surface area (Å²) in [4.78, 5) is 14.3. The molecule has 102 valence electrons. The SMILES string of the molecule is Cc1ccc(NC(=O)C2CC3CC3C2)cc1N(C)C. The molecule has 2 saturated carbocycles. The highest BCUT2D eigenvalue weighted by atomic mass is 16.1. The summed E-state index contributed by atoms with van der Waals surface area (Å²) < 4.78 is 0. The van der Waals surface area contributed by atoms with Crippen molar-refractivity contribution in [3.05, 3.63) is 23.8 Å². The Hall–Kier alpha value is -1.51. The summed E-state index contributed by atoms with van der Waals surface area (Å²) >= 11 is 0. The van der Waals surface area contributed by atoms with Gasteiger partial charge in [0.15, 0.2) is 0 Å². The van der Waals surface area contributed by atoms with Crippen LogP contribution >= 0.6 is 0 Å². The number of fused-ring (bicyclic) bond motifs is 1. The van der Waals surface area contributed by atoms with E-state index in [-0.39, 0.29) is 11.8 Å². The van der Waals surface area contributed by atoms with Crippen LogP contribution in [-0.4, -0.2) is 20.0 Å². The lowest BCUT2D eigenvalue weighted by Crippen LogP contribution is -2.22. The van der Waals surface area contributed by atoms with Crippen molar-refractivity contribution in [1.82, 2.24) is 0 Å². The van der Waals surface area contributed by atoms with Gasteiger partial charge in [-0.25, -0.2) is 0 Å². The molecule has 2 aliphatic carbocycles. The summed E-state index contributed by atoms with van der Waals surface area (Å²) in [7, 11) is 4.05. The molecule has 3 rings (SSSR count). The van der Waals surface area contributed by atoms with Gasteiger partial charge in [-0.3, -0.25) is 4.79 Å². The van der Waals surface area contributed by atoms with Crippen LogP contribution in [0, 0.1) is 24.7 Å². The van der Waals surface area contributed by atoms with Crippen molar-refractivity contribution >= 4 is 17.3 Å². The van der Waals surface area contributed by atoms with E-state index in [1.807, 2.05) is 20.2 Å². The number of nitrogens with one attached hydrogen (secondary N) is 1. The number of anilines is 2. The lowest BCUT2D eigenvalue weighted by molar-refractivity contribution is -0.120. The first-order valence-electron chi connectivity index (χ1n) is 7.13. The van der Waals surface area contributed by atoms with Gasteiger partial charge in [0.2, 0.25) is 5.91 Å².